The van der Waals surface area contributed by atoms with Crippen LogP contribution in [-0.4, -0.2) is 35.5 Å². The van der Waals surface area contributed by atoms with Gasteiger partial charge in [-0.15, -0.1) is 24.2 Å². The van der Waals surface area contributed by atoms with Crippen molar-refractivity contribution in [1.29, 1.82) is 0 Å². The average Bonchev–Trinajstić information content (AvgIpc) is 2.23. The number of carbonyl (C=O) groups is 1. The lowest BCUT2D eigenvalue weighted by Gasteiger charge is -2.39. The second-order valence-electron chi connectivity index (χ2n) is 6.80. The predicted octanol–water partition coefficient (Wildman–Crippen LogP) is 2.83. The van der Waals surface area contributed by atoms with Crippen LogP contribution in [0.2, 0.25) is 0 Å². The SMILES string of the molecule is CC(C)(C)SCC(=O)NCC1NCCCC1(C)C.Cl. The summed E-state index contributed by atoms with van der Waals surface area (Å²) < 4.78 is 0.152. The average molecular weight is 309 g/mol. The number of carbonyl (C=O) groups excluding carboxylic acids is 1. The largest absolute Gasteiger partial charge is 0.354 e. The van der Waals surface area contributed by atoms with Crippen LogP contribution >= 0.6 is 24.2 Å². The molecule has 1 unspecified atom stereocenters. The van der Waals surface area contributed by atoms with Crippen molar-refractivity contribution in [2.75, 3.05) is 18.8 Å². The molecule has 5 heteroatoms. The van der Waals surface area contributed by atoms with E-state index in [1.807, 2.05) is 0 Å². The molecule has 0 aromatic heterocycles. The summed E-state index contributed by atoms with van der Waals surface area (Å²) in [6.07, 6.45) is 2.47. The normalized spacial score (nSPS) is 22.5. The molecule has 114 valence electrons. The first kappa shape index (κ1) is 19.1. The van der Waals surface area contributed by atoms with Gasteiger partial charge in [0.2, 0.25) is 5.91 Å². The van der Waals surface area contributed by atoms with Crippen molar-refractivity contribution < 1.29 is 4.79 Å². The molecular formula is C14H29ClN2OS. The number of piperidine rings is 1. The van der Waals surface area contributed by atoms with E-state index in [4.69, 9.17) is 0 Å². The number of halogens is 1. The molecule has 2 N–H and O–H groups in total. The van der Waals surface area contributed by atoms with E-state index in [9.17, 15) is 4.79 Å². The maximum atomic E-state index is 11.8. The van der Waals surface area contributed by atoms with Gasteiger partial charge in [-0.2, -0.15) is 0 Å². The van der Waals surface area contributed by atoms with Crippen LogP contribution in [0, 0.1) is 5.41 Å². The van der Waals surface area contributed by atoms with E-state index in [0.717, 1.165) is 13.1 Å². The molecule has 0 spiro atoms. The van der Waals surface area contributed by atoms with Crippen LogP contribution in [-0.2, 0) is 4.79 Å². The second kappa shape index (κ2) is 7.75. The monoisotopic (exact) mass is 308 g/mol. The first-order chi connectivity index (χ1) is 8.21. The molecule has 1 aliphatic heterocycles. The van der Waals surface area contributed by atoms with Gasteiger partial charge in [-0.3, -0.25) is 4.79 Å². The van der Waals surface area contributed by atoms with Gasteiger partial charge in [-0.25, -0.2) is 0 Å². The summed E-state index contributed by atoms with van der Waals surface area (Å²) in [5, 5.41) is 6.57. The molecule has 3 nitrogen and oxygen atoms in total. The lowest BCUT2D eigenvalue weighted by molar-refractivity contribution is -0.118. The highest BCUT2D eigenvalue weighted by atomic mass is 35.5. The van der Waals surface area contributed by atoms with Crippen molar-refractivity contribution in [2.45, 2.75) is 58.2 Å². The standard InChI is InChI=1S/C14H28N2OS.ClH/c1-13(2,3)18-10-12(17)16-9-11-14(4,5)7-6-8-15-11;/h11,15H,6-10H2,1-5H3,(H,16,17);1H. The van der Waals surface area contributed by atoms with Gasteiger partial charge in [0.1, 0.15) is 0 Å². The van der Waals surface area contributed by atoms with E-state index in [2.05, 4.69) is 45.3 Å². The molecule has 19 heavy (non-hydrogen) atoms. The Balaban J connectivity index is 0.00000324. The Morgan fingerprint density at radius 1 is 1.42 bits per heavy atom. The van der Waals surface area contributed by atoms with Crippen molar-refractivity contribution in [2.24, 2.45) is 5.41 Å². The molecule has 1 rings (SSSR count). The predicted molar refractivity (Wildman–Crippen MR) is 87.3 cm³/mol. The number of nitrogens with one attached hydrogen (secondary N) is 2. The van der Waals surface area contributed by atoms with Gasteiger partial charge in [0, 0.05) is 17.3 Å². The highest BCUT2D eigenvalue weighted by Gasteiger charge is 2.31. The van der Waals surface area contributed by atoms with Gasteiger partial charge >= 0.3 is 0 Å². The second-order valence-corrected chi connectivity index (χ2v) is 8.61. The summed E-state index contributed by atoms with van der Waals surface area (Å²) in [5.41, 5.74) is 0.280. The maximum Gasteiger partial charge on any atom is 0.230 e. The van der Waals surface area contributed by atoms with Crippen LogP contribution in [0.3, 0.4) is 0 Å². The zero-order valence-electron chi connectivity index (χ0n) is 12.8. The third-order valence-electron chi connectivity index (χ3n) is 3.47. The summed E-state index contributed by atoms with van der Waals surface area (Å²) in [5.74, 6) is 0.703. The van der Waals surface area contributed by atoms with Gasteiger partial charge in [0.25, 0.3) is 0 Å². The fourth-order valence-corrected chi connectivity index (χ4v) is 2.83. The molecule has 1 atom stereocenters. The highest BCUT2D eigenvalue weighted by molar-refractivity contribution is 8.01. The number of amides is 1. The first-order valence-electron chi connectivity index (χ1n) is 6.85. The van der Waals surface area contributed by atoms with Crippen LogP contribution in [0.1, 0.15) is 47.5 Å². The van der Waals surface area contributed by atoms with Gasteiger partial charge in [-0.1, -0.05) is 34.6 Å². The lowest BCUT2D eigenvalue weighted by atomic mass is 9.77. The number of thioether (sulfide) groups is 1. The van der Waals surface area contributed by atoms with E-state index in [0.29, 0.717) is 11.8 Å². The van der Waals surface area contributed by atoms with E-state index in [1.54, 1.807) is 11.8 Å². The van der Waals surface area contributed by atoms with E-state index in [1.165, 1.54) is 12.8 Å². The molecule has 0 aromatic carbocycles. The smallest absolute Gasteiger partial charge is 0.230 e. The number of rotatable bonds is 4. The summed E-state index contributed by atoms with van der Waals surface area (Å²) >= 11 is 1.70. The number of hydrogen-bond acceptors (Lipinski definition) is 3. The Morgan fingerprint density at radius 2 is 2.05 bits per heavy atom. The minimum Gasteiger partial charge on any atom is -0.354 e. The molecule has 1 amide bonds. The zero-order valence-corrected chi connectivity index (χ0v) is 14.5. The Kier molecular flexibility index (Phi) is 7.78. The Hall–Kier alpha value is 0.0700. The molecule has 0 radical (unpaired) electrons. The summed E-state index contributed by atoms with van der Waals surface area (Å²) in [4.78, 5) is 11.8. The molecule has 0 aliphatic carbocycles. The van der Waals surface area contributed by atoms with Crippen LogP contribution in [0.15, 0.2) is 0 Å². The fraction of sp³-hybridized carbons (Fsp3) is 0.929. The topological polar surface area (TPSA) is 41.1 Å². The third-order valence-corrected chi connectivity index (χ3v) is 4.74. The van der Waals surface area contributed by atoms with Gasteiger partial charge in [0.15, 0.2) is 0 Å². The van der Waals surface area contributed by atoms with Gasteiger partial charge in [0.05, 0.1) is 5.75 Å². The molecule has 1 aliphatic rings. The van der Waals surface area contributed by atoms with Crippen molar-refractivity contribution in [3.05, 3.63) is 0 Å². The van der Waals surface area contributed by atoms with Crippen molar-refractivity contribution >= 4 is 30.1 Å². The molecule has 0 saturated carbocycles. The van der Waals surface area contributed by atoms with E-state index in [-0.39, 0.29) is 28.5 Å². The summed E-state index contributed by atoms with van der Waals surface area (Å²) in [6, 6.07) is 0.398. The van der Waals surface area contributed by atoms with Crippen LogP contribution in [0.5, 0.6) is 0 Å². The number of hydrogen-bond donors (Lipinski definition) is 2. The Morgan fingerprint density at radius 3 is 2.58 bits per heavy atom. The van der Waals surface area contributed by atoms with Gasteiger partial charge in [-0.05, 0) is 24.8 Å². The fourth-order valence-electron chi connectivity index (χ4n) is 2.17. The molecule has 0 bridgehead atoms. The Bertz CT molecular complexity index is 290. The van der Waals surface area contributed by atoms with Gasteiger partial charge < -0.3 is 10.6 Å². The summed E-state index contributed by atoms with van der Waals surface area (Å²) in [7, 11) is 0. The zero-order chi connectivity index (χ0) is 13.8. The summed E-state index contributed by atoms with van der Waals surface area (Å²) in [6.45, 7) is 12.8. The minimum absolute atomic E-state index is 0. The molecular weight excluding hydrogens is 280 g/mol. The highest BCUT2D eigenvalue weighted by Crippen LogP contribution is 2.29. The van der Waals surface area contributed by atoms with Crippen LogP contribution in [0.4, 0.5) is 0 Å². The Labute approximate surface area is 128 Å². The van der Waals surface area contributed by atoms with E-state index >= 15 is 0 Å². The lowest BCUT2D eigenvalue weighted by Crippen LogP contribution is -2.53. The molecule has 1 saturated heterocycles. The third kappa shape index (κ3) is 7.42. The van der Waals surface area contributed by atoms with Crippen LogP contribution < -0.4 is 10.6 Å². The van der Waals surface area contributed by atoms with Crippen molar-refractivity contribution in [3.63, 3.8) is 0 Å². The quantitative estimate of drug-likeness (QED) is 0.839. The molecule has 1 fully saturated rings. The van der Waals surface area contributed by atoms with Crippen LogP contribution in [0.25, 0.3) is 0 Å². The van der Waals surface area contributed by atoms with E-state index < -0.39 is 0 Å². The van der Waals surface area contributed by atoms with Crippen molar-refractivity contribution in [3.8, 4) is 0 Å². The van der Waals surface area contributed by atoms with Crippen molar-refractivity contribution in [1.82, 2.24) is 10.6 Å². The molecule has 1 heterocycles. The first-order valence-corrected chi connectivity index (χ1v) is 7.83. The minimum atomic E-state index is 0. The molecule has 0 aromatic rings. The maximum absolute atomic E-state index is 11.8.